The van der Waals surface area contributed by atoms with E-state index in [1.54, 1.807) is 0 Å². The summed E-state index contributed by atoms with van der Waals surface area (Å²) in [5.41, 5.74) is 0.0203. The lowest BCUT2D eigenvalue weighted by Crippen LogP contribution is -2.47. The summed E-state index contributed by atoms with van der Waals surface area (Å²) in [5, 5.41) is 3.15. The van der Waals surface area contributed by atoms with E-state index in [1.165, 1.54) is 0 Å². The molecule has 140 valence electrons. The van der Waals surface area contributed by atoms with Crippen LogP contribution in [0.3, 0.4) is 0 Å². The highest BCUT2D eigenvalue weighted by molar-refractivity contribution is 7.89. The van der Waals surface area contributed by atoms with E-state index in [9.17, 15) is 21.6 Å². The molecule has 0 saturated carbocycles. The second kappa shape index (κ2) is 6.90. The average molecular weight is 386 g/mol. The van der Waals surface area contributed by atoms with Crippen molar-refractivity contribution in [3.63, 3.8) is 0 Å². The van der Waals surface area contributed by atoms with Crippen LogP contribution in [0, 0.1) is 0 Å². The molecule has 0 amide bonds. The van der Waals surface area contributed by atoms with E-state index < -0.39 is 27.7 Å². The number of hydrogen-bond donors (Lipinski definition) is 2. The Balaban J connectivity index is 1.86. The minimum atomic E-state index is -4.83. The first-order valence-electron chi connectivity index (χ1n) is 7.86. The van der Waals surface area contributed by atoms with Gasteiger partial charge in [0.1, 0.15) is 5.75 Å². The highest BCUT2D eigenvalue weighted by Gasteiger charge is 2.39. The molecule has 0 radical (unpaired) electrons. The van der Waals surface area contributed by atoms with Gasteiger partial charge in [0, 0.05) is 6.54 Å². The van der Waals surface area contributed by atoms with Crippen molar-refractivity contribution < 1.29 is 26.3 Å². The SMILES string of the molecule is O=S(=O)(NC1(c2ccccc2)CCNC1)c1ccc(OC(F)(F)F)cc1. The number of rotatable bonds is 5. The van der Waals surface area contributed by atoms with E-state index in [1.807, 2.05) is 30.3 Å². The van der Waals surface area contributed by atoms with Crippen LogP contribution in [0.1, 0.15) is 12.0 Å². The maximum Gasteiger partial charge on any atom is 0.573 e. The molecule has 1 fully saturated rings. The molecule has 1 unspecified atom stereocenters. The molecule has 5 nitrogen and oxygen atoms in total. The van der Waals surface area contributed by atoms with Crippen LogP contribution in [-0.4, -0.2) is 27.9 Å². The number of alkyl halides is 3. The monoisotopic (exact) mass is 386 g/mol. The molecule has 0 aromatic heterocycles. The number of sulfonamides is 1. The van der Waals surface area contributed by atoms with Gasteiger partial charge in [-0.15, -0.1) is 13.2 Å². The Morgan fingerprint density at radius 2 is 1.69 bits per heavy atom. The van der Waals surface area contributed by atoms with Gasteiger partial charge in [0.2, 0.25) is 10.0 Å². The average Bonchev–Trinajstić information content (AvgIpc) is 3.04. The van der Waals surface area contributed by atoms with Crippen molar-refractivity contribution in [3.8, 4) is 5.75 Å². The molecular weight excluding hydrogens is 369 g/mol. The molecular formula is C17H17F3N2O3S. The summed E-state index contributed by atoms with van der Waals surface area (Å²) in [4.78, 5) is -0.130. The zero-order valence-corrected chi connectivity index (χ0v) is 14.4. The Bertz CT molecular complexity index is 847. The standard InChI is InChI=1S/C17H17F3N2O3S/c18-17(19,20)25-14-6-8-15(9-7-14)26(23,24)22-16(10-11-21-12-16)13-4-2-1-3-5-13/h1-9,21-22H,10-12H2. The summed E-state index contributed by atoms with van der Waals surface area (Å²) >= 11 is 0. The van der Waals surface area contributed by atoms with Gasteiger partial charge in [-0.2, -0.15) is 4.72 Å². The lowest BCUT2D eigenvalue weighted by Gasteiger charge is -2.30. The third-order valence-corrected chi connectivity index (χ3v) is 5.73. The fraction of sp³-hybridized carbons (Fsp3) is 0.294. The number of hydrogen-bond acceptors (Lipinski definition) is 4. The molecule has 2 aromatic rings. The number of benzene rings is 2. The van der Waals surface area contributed by atoms with Crippen molar-refractivity contribution in [2.24, 2.45) is 0 Å². The fourth-order valence-electron chi connectivity index (χ4n) is 2.98. The normalized spacial score (nSPS) is 20.9. The van der Waals surface area contributed by atoms with Crippen LogP contribution in [0.25, 0.3) is 0 Å². The van der Waals surface area contributed by atoms with Gasteiger partial charge in [0.25, 0.3) is 0 Å². The molecule has 0 bridgehead atoms. The highest BCUT2D eigenvalue weighted by Crippen LogP contribution is 2.30. The zero-order valence-electron chi connectivity index (χ0n) is 13.6. The van der Waals surface area contributed by atoms with Crippen molar-refractivity contribution in [1.29, 1.82) is 0 Å². The third-order valence-electron chi connectivity index (χ3n) is 4.18. The molecule has 1 aliphatic rings. The van der Waals surface area contributed by atoms with Crippen LogP contribution in [0.5, 0.6) is 5.75 Å². The summed E-state index contributed by atoms with van der Waals surface area (Å²) in [6.07, 6.45) is -4.27. The molecule has 1 atom stereocenters. The van der Waals surface area contributed by atoms with E-state index in [0.717, 1.165) is 29.8 Å². The smallest absolute Gasteiger partial charge is 0.406 e. The minimum Gasteiger partial charge on any atom is -0.406 e. The zero-order chi connectivity index (χ0) is 18.8. The molecule has 26 heavy (non-hydrogen) atoms. The predicted octanol–water partition coefficient (Wildman–Crippen LogP) is 2.75. The maximum atomic E-state index is 12.8. The molecule has 0 spiro atoms. The molecule has 9 heteroatoms. The first kappa shape index (κ1) is 18.7. The van der Waals surface area contributed by atoms with Crippen molar-refractivity contribution in [2.45, 2.75) is 23.2 Å². The van der Waals surface area contributed by atoms with Gasteiger partial charge in [0.05, 0.1) is 10.4 Å². The topological polar surface area (TPSA) is 67.4 Å². The fourth-order valence-corrected chi connectivity index (χ4v) is 4.40. The van der Waals surface area contributed by atoms with Gasteiger partial charge in [-0.25, -0.2) is 8.42 Å². The molecule has 1 aliphatic heterocycles. The Hall–Kier alpha value is -2.10. The van der Waals surface area contributed by atoms with Crippen LogP contribution < -0.4 is 14.8 Å². The first-order chi connectivity index (χ1) is 12.2. The van der Waals surface area contributed by atoms with Crippen LogP contribution in [0.15, 0.2) is 59.5 Å². The Morgan fingerprint density at radius 1 is 1.04 bits per heavy atom. The third kappa shape index (κ3) is 4.17. The van der Waals surface area contributed by atoms with Gasteiger partial charge >= 0.3 is 6.36 Å². The maximum absolute atomic E-state index is 12.8. The van der Waals surface area contributed by atoms with Gasteiger partial charge < -0.3 is 10.1 Å². The largest absolute Gasteiger partial charge is 0.573 e. The van der Waals surface area contributed by atoms with Crippen molar-refractivity contribution in [1.82, 2.24) is 10.0 Å². The summed E-state index contributed by atoms with van der Waals surface area (Å²) in [7, 11) is -3.94. The summed E-state index contributed by atoms with van der Waals surface area (Å²) in [6, 6.07) is 13.3. The van der Waals surface area contributed by atoms with Crippen molar-refractivity contribution in [3.05, 3.63) is 60.2 Å². The second-order valence-electron chi connectivity index (χ2n) is 6.00. The van der Waals surface area contributed by atoms with E-state index in [0.29, 0.717) is 19.5 Å². The summed E-state index contributed by atoms with van der Waals surface area (Å²) in [5.74, 6) is -0.475. The number of halogens is 3. The van der Waals surface area contributed by atoms with E-state index in [-0.39, 0.29) is 4.90 Å². The number of nitrogens with one attached hydrogen (secondary N) is 2. The van der Waals surface area contributed by atoms with Crippen LogP contribution in [-0.2, 0) is 15.6 Å². The Morgan fingerprint density at radius 3 is 2.23 bits per heavy atom. The second-order valence-corrected chi connectivity index (χ2v) is 7.68. The van der Waals surface area contributed by atoms with Crippen LogP contribution in [0.2, 0.25) is 0 Å². The Labute approximate surface area is 149 Å². The van der Waals surface area contributed by atoms with E-state index >= 15 is 0 Å². The lowest BCUT2D eigenvalue weighted by molar-refractivity contribution is -0.274. The quantitative estimate of drug-likeness (QED) is 0.829. The number of ether oxygens (including phenoxy) is 1. The van der Waals surface area contributed by atoms with Crippen molar-refractivity contribution in [2.75, 3.05) is 13.1 Å². The van der Waals surface area contributed by atoms with Crippen LogP contribution >= 0.6 is 0 Å². The van der Waals surface area contributed by atoms with Gasteiger partial charge in [-0.05, 0) is 42.8 Å². The lowest BCUT2D eigenvalue weighted by atomic mass is 9.90. The summed E-state index contributed by atoms with van der Waals surface area (Å²) < 4.78 is 68.7. The molecule has 2 N–H and O–H groups in total. The molecule has 3 rings (SSSR count). The van der Waals surface area contributed by atoms with E-state index in [4.69, 9.17) is 0 Å². The van der Waals surface area contributed by atoms with Gasteiger partial charge in [0.15, 0.2) is 0 Å². The van der Waals surface area contributed by atoms with Crippen molar-refractivity contribution >= 4 is 10.0 Å². The minimum absolute atomic E-state index is 0.130. The Kier molecular flexibility index (Phi) is 4.96. The molecule has 2 aromatic carbocycles. The van der Waals surface area contributed by atoms with E-state index in [2.05, 4.69) is 14.8 Å². The first-order valence-corrected chi connectivity index (χ1v) is 9.35. The van der Waals surface area contributed by atoms with Crippen LogP contribution in [0.4, 0.5) is 13.2 Å². The van der Waals surface area contributed by atoms with Gasteiger partial charge in [-0.3, -0.25) is 0 Å². The summed E-state index contributed by atoms with van der Waals surface area (Å²) in [6.45, 7) is 1.07. The molecule has 0 aliphatic carbocycles. The highest BCUT2D eigenvalue weighted by atomic mass is 32.2. The predicted molar refractivity (Wildman–Crippen MR) is 89.1 cm³/mol. The van der Waals surface area contributed by atoms with Gasteiger partial charge in [-0.1, -0.05) is 30.3 Å². The molecule has 1 heterocycles. The molecule has 1 saturated heterocycles.